The largest absolute Gasteiger partial charge is 0.486 e. The van der Waals surface area contributed by atoms with Crippen molar-refractivity contribution in [3.63, 3.8) is 0 Å². The van der Waals surface area contributed by atoms with Crippen molar-refractivity contribution in [1.82, 2.24) is 0 Å². The molecule has 3 nitrogen and oxygen atoms in total. The molecule has 82 valence electrons. The van der Waals surface area contributed by atoms with Crippen LogP contribution in [0.25, 0.3) is 0 Å². The number of ether oxygens (including phenoxy) is 2. The van der Waals surface area contributed by atoms with Gasteiger partial charge in [-0.2, -0.15) is 0 Å². The zero-order chi connectivity index (χ0) is 10.8. The first-order chi connectivity index (χ1) is 7.18. The molecule has 0 saturated heterocycles. The van der Waals surface area contributed by atoms with E-state index in [1.54, 1.807) is 6.07 Å². The van der Waals surface area contributed by atoms with Crippen LogP contribution in [0.1, 0.15) is 12.5 Å². The Morgan fingerprint density at radius 2 is 2.00 bits per heavy atom. The zero-order valence-electron chi connectivity index (χ0n) is 8.63. The summed E-state index contributed by atoms with van der Waals surface area (Å²) in [5.74, 6) is 0.357. The summed E-state index contributed by atoms with van der Waals surface area (Å²) in [5.41, 5.74) is 6.61. The molecule has 1 aliphatic rings. The minimum absolute atomic E-state index is 0.0186. The fraction of sp³-hybridized carbons (Fsp3) is 0.455. The van der Waals surface area contributed by atoms with E-state index in [1.165, 1.54) is 6.07 Å². The van der Waals surface area contributed by atoms with Gasteiger partial charge < -0.3 is 15.2 Å². The Balaban J connectivity index is 2.39. The van der Waals surface area contributed by atoms with E-state index in [9.17, 15) is 4.39 Å². The third-order valence-electron chi connectivity index (χ3n) is 2.26. The first kappa shape index (κ1) is 10.2. The normalized spacial score (nSPS) is 16.2. The molecule has 4 heteroatoms. The van der Waals surface area contributed by atoms with Crippen LogP contribution < -0.4 is 15.2 Å². The molecular formula is C11H14FNO2. The molecule has 1 unspecified atom stereocenters. The van der Waals surface area contributed by atoms with Gasteiger partial charge in [-0.15, -0.1) is 0 Å². The molecular weight excluding hydrogens is 197 g/mol. The number of rotatable bonds is 2. The molecule has 0 aromatic heterocycles. The van der Waals surface area contributed by atoms with E-state index in [0.717, 1.165) is 5.56 Å². The Bertz CT molecular complexity index is 366. The van der Waals surface area contributed by atoms with Gasteiger partial charge in [0.2, 0.25) is 0 Å². The van der Waals surface area contributed by atoms with E-state index in [4.69, 9.17) is 15.2 Å². The molecule has 0 bridgehead atoms. The average molecular weight is 211 g/mol. The van der Waals surface area contributed by atoms with Gasteiger partial charge in [-0.05, 0) is 25.0 Å². The summed E-state index contributed by atoms with van der Waals surface area (Å²) < 4.78 is 24.0. The minimum atomic E-state index is -0.377. The zero-order valence-corrected chi connectivity index (χ0v) is 8.63. The standard InChI is InChI=1S/C11H14FNO2/c1-7(13)6-8-2-3-9(12)11-10(8)14-4-5-15-11/h2-3,7H,4-6,13H2,1H3. The van der Waals surface area contributed by atoms with E-state index in [-0.39, 0.29) is 17.6 Å². The number of halogens is 1. The highest BCUT2D eigenvalue weighted by molar-refractivity contribution is 5.48. The lowest BCUT2D eigenvalue weighted by molar-refractivity contribution is 0.162. The van der Waals surface area contributed by atoms with Crippen molar-refractivity contribution in [2.24, 2.45) is 5.73 Å². The Labute approximate surface area is 88.0 Å². The van der Waals surface area contributed by atoms with Crippen LogP contribution in [0.5, 0.6) is 11.5 Å². The lowest BCUT2D eigenvalue weighted by Gasteiger charge is -2.22. The minimum Gasteiger partial charge on any atom is -0.486 e. The molecule has 2 N–H and O–H groups in total. The maximum atomic E-state index is 13.4. The monoisotopic (exact) mass is 211 g/mol. The number of hydrogen-bond donors (Lipinski definition) is 1. The molecule has 1 heterocycles. The van der Waals surface area contributed by atoms with E-state index in [1.807, 2.05) is 6.92 Å². The van der Waals surface area contributed by atoms with Gasteiger partial charge in [0, 0.05) is 6.04 Å². The second-order valence-electron chi connectivity index (χ2n) is 3.74. The predicted octanol–water partition coefficient (Wildman–Crippen LogP) is 1.49. The van der Waals surface area contributed by atoms with Crippen LogP contribution in [0.3, 0.4) is 0 Å². The Morgan fingerprint density at radius 3 is 2.67 bits per heavy atom. The van der Waals surface area contributed by atoms with Crippen LogP contribution in [0.4, 0.5) is 4.39 Å². The van der Waals surface area contributed by atoms with Crippen molar-refractivity contribution in [3.8, 4) is 11.5 Å². The second-order valence-corrected chi connectivity index (χ2v) is 3.74. The fourth-order valence-electron chi connectivity index (χ4n) is 1.67. The van der Waals surface area contributed by atoms with Gasteiger partial charge in [-0.25, -0.2) is 4.39 Å². The molecule has 0 fully saturated rings. The quantitative estimate of drug-likeness (QED) is 0.806. The molecule has 15 heavy (non-hydrogen) atoms. The molecule has 1 aromatic rings. The van der Waals surface area contributed by atoms with E-state index in [2.05, 4.69) is 0 Å². The smallest absolute Gasteiger partial charge is 0.197 e. The van der Waals surface area contributed by atoms with E-state index in [0.29, 0.717) is 25.4 Å². The highest BCUT2D eigenvalue weighted by Crippen LogP contribution is 2.36. The Hall–Kier alpha value is -1.29. The van der Waals surface area contributed by atoms with Crippen molar-refractivity contribution < 1.29 is 13.9 Å². The van der Waals surface area contributed by atoms with Crippen LogP contribution in [-0.4, -0.2) is 19.3 Å². The van der Waals surface area contributed by atoms with Gasteiger partial charge in [0.15, 0.2) is 17.3 Å². The number of fused-ring (bicyclic) bond motifs is 1. The first-order valence-electron chi connectivity index (χ1n) is 5.01. The molecule has 0 radical (unpaired) electrons. The summed E-state index contributed by atoms with van der Waals surface area (Å²) in [6.07, 6.45) is 0.659. The average Bonchev–Trinajstić information content (AvgIpc) is 2.22. The van der Waals surface area contributed by atoms with E-state index < -0.39 is 0 Å². The third kappa shape index (κ3) is 2.04. The lowest BCUT2D eigenvalue weighted by atomic mass is 10.1. The summed E-state index contributed by atoms with van der Waals surface area (Å²) in [7, 11) is 0. The van der Waals surface area contributed by atoms with Crippen molar-refractivity contribution in [1.29, 1.82) is 0 Å². The van der Waals surface area contributed by atoms with Gasteiger partial charge in [-0.1, -0.05) is 6.07 Å². The Kier molecular flexibility index (Phi) is 2.77. The van der Waals surface area contributed by atoms with Gasteiger partial charge in [-0.3, -0.25) is 0 Å². The van der Waals surface area contributed by atoms with Gasteiger partial charge in [0.05, 0.1) is 0 Å². The molecule has 0 aliphatic carbocycles. The van der Waals surface area contributed by atoms with Crippen molar-refractivity contribution in [2.45, 2.75) is 19.4 Å². The molecule has 1 aromatic carbocycles. The highest BCUT2D eigenvalue weighted by Gasteiger charge is 2.20. The summed E-state index contributed by atoms with van der Waals surface area (Å²) in [4.78, 5) is 0. The number of hydrogen-bond acceptors (Lipinski definition) is 3. The van der Waals surface area contributed by atoms with E-state index >= 15 is 0 Å². The van der Waals surface area contributed by atoms with Gasteiger partial charge in [0.25, 0.3) is 0 Å². The van der Waals surface area contributed by atoms with Crippen molar-refractivity contribution in [3.05, 3.63) is 23.5 Å². The summed E-state index contributed by atoms with van der Waals surface area (Å²) in [5, 5.41) is 0. The van der Waals surface area contributed by atoms with Crippen molar-refractivity contribution >= 4 is 0 Å². The maximum Gasteiger partial charge on any atom is 0.197 e. The van der Waals surface area contributed by atoms with Gasteiger partial charge in [0.1, 0.15) is 13.2 Å². The third-order valence-corrected chi connectivity index (χ3v) is 2.26. The van der Waals surface area contributed by atoms with Gasteiger partial charge >= 0.3 is 0 Å². The first-order valence-corrected chi connectivity index (χ1v) is 5.01. The van der Waals surface area contributed by atoms with Crippen molar-refractivity contribution in [2.75, 3.05) is 13.2 Å². The highest BCUT2D eigenvalue weighted by atomic mass is 19.1. The fourth-order valence-corrected chi connectivity index (χ4v) is 1.67. The second kappa shape index (κ2) is 4.06. The van der Waals surface area contributed by atoms with Crippen LogP contribution in [0.2, 0.25) is 0 Å². The topological polar surface area (TPSA) is 44.5 Å². The summed E-state index contributed by atoms with van der Waals surface area (Å²) >= 11 is 0. The molecule has 2 rings (SSSR count). The molecule has 0 saturated carbocycles. The molecule has 0 amide bonds. The number of nitrogens with two attached hydrogens (primary N) is 1. The van der Waals surface area contributed by atoms with Crippen LogP contribution >= 0.6 is 0 Å². The summed E-state index contributed by atoms with van der Waals surface area (Å²) in [6, 6.07) is 3.11. The van der Waals surface area contributed by atoms with Crippen LogP contribution in [-0.2, 0) is 6.42 Å². The molecule has 0 spiro atoms. The molecule has 1 atom stereocenters. The number of benzene rings is 1. The maximum absolute atomic E-state index is 13.4. The molecule has 1 aliphatic heterocycles. The Morgan fingerprint density at radius 1 is 1.33 bits per heavy atom. The van der Waals surface area contributed by atoms with Crippen LogP contribution in [0, 0.1) is 5.82 Å². The lowest BCUT2D eigenvalue weighted by Crippen LogP contribution is -2.21. The summed E-state index contributed by atoms with van der Waals surface area (Å²) in [6.45, 7) is 2.76. The van der Waals surface area contributed by atoms with Crippen LogP contribution in [0.15, 0.2) is 12.1 Å². The SMILES string of the molecule is CC(N)Cc1ccc(F)c2c1OCCO2. The predicted molar refractivity (Wildman–Crippen MR) is 54.7 cm³/mol.